The molecule has 3 aromatic carbocycles. The lowest BCUT2D eigenvalue weighted by atomic mass is 10.0. The highest BCUT2D eigenvalue weighted by molar-refractivity contribution is 7.90. The molecule has 1 fully saturated rings. The van der Waals surface area contributed by atoms with Crippen molar-refractivity contribution < 1.29 is 18.0 Å². The minimum absolute atomic E-state index is 0.101. The van der Waals surface area contributed by atoms with E-state index in [1.54, 1.807) is 77.8 Å². The number of rotatable bonds is 7. The van der Waals surface area contributed by atoms with Gasteiger partial charge in [-0.05, 0) is 55.3 Å². The molecule has 2 aromatic heterocycles. The number of likely N-dealkylation sites (tertiary alicyclic amines) is 1. The summed E-state index contributed by atoms with van der Waals surface area (Å²) in [6, 6.07) is 22.2. The Hall–Kier alpha value is -4.74. The van der Waals surface area contributed by atoms with E-state index < -0.39 is 10.0 Å². The number of para-hydroxylation sites is 1. The Morgan fingerprint density at radius 2 is 1.70 bits per heavy atom. The van der Waals surface area contributed by atoms with Crippen LogP contribution >= 0.6 is 11.6 Å². The highest BCUT2D eigenvalue weighted by atomic mass is 35.5. The maximum absolute atomic E-state index is 13.6. The quantitative estimate of drug-likeness (QED) is 0.238. The summed E-state index contributed by atoms with van der Waals surface area (Å²) in [7, 11) is -3.88. The molecule has 44 heavy (non-hydrogen) atoms. The molecule has 0 aliphatic carbocycles. The van der Waals surface area contributed by atoms with Crippen LogP contribution in [0.2, 0.25) is 5.02 Å². The van der Waals surface area contributed by atoms with Gasteiger partial charge in [0, 0.05) is 54.5 Å². The number of piperidine rings is 1. The molecule has 1 atom stereocenters. The molecule has 10 nitrogen and oxygen atoms in total. The van der Waals surface area contributed by atoms with Crippen molar-refractivity contribution in [1.29, 1.82) is 0 Å². The van der Waals surface area contributed by atoms with Crippen molar-refractivity contribution in [3.63, 3.8) is 0 Å². The third-order valence-electron chi connectivity index (χ3n) is 7.47. The molecule has 0 saturated carbocycles. The second kappa shape index (κ2) is 12.1. The van der Waals surface area contributed by atoms with Gasteiger partial charge in [-0.25, -0.2) is 22.4 Å². The van der Waals surface area contributed by atoms with Gasteiger partial charge in [-0.15, -0.1) is 0 Å². The van der Waals surface area contributed by atoms with E-state index in [1.807, 2.05) is 12.1 Å². The Balaban J connectivity index is 1.25. The predicted octanol–water partition coefficient (Wildman–Crippen LogP) is 5.66. The molecular weight excluding hydrogens is 600 g/mol. The summed E-state index contributed by atoms with van der Waals surface area (Å²) in [4.78, 5) is 35.6. The smallest absolute Gasteiger partial charge is 0.268 e. The van der Waals surface area contributed by atoms with Crippen LogP contribution in [-0.4, -0.2) is 58.2 Å². The van der Waals surface area contributed by atoms with Crippen LogP contribution in [0.15, 0.2) is 96.2 Å². The van der Waals surface area contributed by atoms with Crippen LogP contribution in [0.25, 0.3) is 22.2 Å². The lowest BCUT2D eigenvalue weighted by Gasteiger charge is -2.33. The van der Waals surface area contributed by atoms with Gasteiger partial charge in [0.15, 0.2) is 0 Å². The van der Waals surface area contributed by atoms with Crippen molar-refractivity contribution in [2.45, 2.75) is 30.7 Å². The summed E-state index contributed by atoms with van der Waals surface area (Å²) in [5.41, 5.74) is 2.61. The van der Waals surface area contributed by atoms with E-state index in [4.69, 9.17) is 16.6 Å². The fraction of sp³-hybridized carbons (Fsp3) is 0.188. The van der Waals surface area contributed by atoms with Crippen LogP contribution in [0.1, 0.15) is 30.1 Å². The van der Waals surface area contributed by atoms with E-state index in [1.165, 1.54) is 17.1 Å². The van der Waals surface area contributed by atoms with E-state index in [9.17, 15) is 18.0 Å². The number of anilines is 2. The average Bonchev–Trinajstić information content (AvgIpc) is 3.43. The number of hydrogen-bond acceptors (Lipinski definition) is 7. The molecule has 1 aliphatic rings. The van der Waals surface area contributed by atoms with Crippen LogP contribution in [-0.2, 0) is 14.8 Å². The lowest BCUT2D eigenvalue weighted by Crippen LogP contribution is -2.45. The Morgan fingerprint density at radius 3 is 2.45 bits per heavy atom. The fourth-order valence-electron chi connectivity index (χ4n) is 5.41. The maximum atomic E-state index is 13.6. The van der Waals surface area contributed by atoms with Crippen LogP contribution in [0.5, 0.6) is 0 Å². The zero-order valence-electron chi connectivity index (χ0n) is 23.8. The molecule has 0 radical (unpaired) electrons. The van der Waals surface area contributed by atoms with Gasteiger partial charge in [-0.3, -0.25) is 9.59 Å². The number of nitrogens with one attached hydrogen (secondary N) is 2. The molecular formula is C32H29ClN6O4S. The average molecular weight is 629 g/mol. The normalized spacial score (nSPS) is 15.2. The van der Waals surface area contributed by atoms with Crippen molar-refractivity contribution in [3.05, 3.63) is 102 Å². The predicted molar refractivity (Wildman–Crippen MR) is 170 cm³/mol. The third kappa shape index (κ3) is 5.88. The minimum atomic E-state index is -3.88. The molecule has 224 valence electrons. The summed E-state index contributed by atoms with van der Waals surface area (Å²) >= 11 is 6.60. The zero-order chi connectivity index (χ0) is 30.8. The molecule has 0 bridgehead atoms. The van der Waals surface area contributed by atoms with E-state index in [0.717, 1.165) is 12.8 Å². The number of carbonyl (C=O) groups is 2. The number of carbonyl (C=O) groups excluding carboxylic acids is 2. The molecule has 2 N–H and O–H groups in total. The minimum Gasteiger partial charge on any atom is -0.350 e. The summed E-state index contributed by atoms with van der Waals surface area (Å²) in [5, 5.41) is 7.01. The molecule has 1 saturated heterocycles. The standard InChI is InChI=1S/C32H29ClN6O4S/c1-21(40)35-23-15-13-22(14-16-23)31(41)38-17-7-8-24(19-38)36-32-34-18-28(33)30(37-32)27-20-39(29-12-6-5-11-26(27)29)44(42,43)25-9-3-2-4-10-25/h2-6,9-16,18,20,24H,7-8,17,19H2,1H3,(H,35,40)(H,34,36,37). The van der Waals surface area contributed by atoms with Gasteiger partial charge >= 0.3 is 0 Å². The number of benzene rings is 3. The molecule has 1 unspecified atom stereocenters. The Labute approximate surface area is 259 Å². The SMILES string of the molecule is CC(=O)Nc1ccc(C(=O)N2CCCC(Nc3ncc(Cl)c(-c4cn(S(=O)(=O)c5ccccc5)c5ccccc45)n3)C2)cc1. The van der Waals surface area contributed by atoms with E-state index in [2.05, 4.69) is 15.6 Å². The number of nitrogens with zero attached hydrogens (tertiary/aromatic N) is 4. The van der Waals surface area contributed by atoms with Gasteiger partial charge in [-0.2, -0.15) is 0 Å². The van der Waals surface area contributed by atoms with Gasteiger partial charge in [0.05, 0.1) is 27.3 Å². The molecule has 12 heteroatoms. The topological polar surface area (TPSA) is 126 Å². The van der Waals surface area contributed by atoms with Gasteiger partial charge in [0.2, 0.25) is 11.9 Å². The summed E-state index contributed by atoms with van der Waals surface area (Å²) in [5.74, 6) is 0.0479. The van der Waals surface area contributed by atoms with E-state index in [0.29, 0.717) is 52.4 Å². The van der Waals surface area contributed by atoms with Crippen LogP contribution in [0.4, 0.5) is 11.6 Å². The van der Waals surface area contributed by atoms with Crippen LogP contribution in [0.3, 0.4) is 0 Å². The number of aromatic nitrogens is 3. The van der Waals surface area contributed by atoms with Crippen molar-refractivity contribution in [2.75, 3.05) is 23.7 Å². The van der Waals surface area contributed by atoms with Crippen molar-refractivity contribution in [3.8, 4) is 11.3 Å². The first-order valence-corrected chi connectivity index (χ1v) is 15.9. The summed E-state index contributed by atoms with van der Waals surface area (Å²) in [6.45, 7) is 2.50. The fourth-order valence-corrected chi connectivity index (χ4v) is 7.00. The monoisotopic (exact) mass is 628 g/mol. The lowest BCUT2D eigenvalue weighted by molar-refractivity contribution is -0.114. The Morgan fingerprint density at radius 1 is 0.977 bits per heavy atom. The first-order valence-electron chi connectivity index (χ1n) is 14.1. The molecule has 0 spiro atoms. The molecule has 2 amide bonds. The van der Waals surface area contributed by atoms with Gasteiger partial charge in [-0.1, -0.05) is 48.0 Å². The Bertz CT molecular complexity index is 1960. The van der Waals surface area contributed by atoms with E-state index in [-0.39, 0.29) is 27.8 Å². The van der Waals surface area contributed by atoms with E-state index >= 15 is 0 Å². The van der Waals surface area contributed by atoms with Gasteiger partial charge in [0.25, 0.3) is 15.9 Å². The molecule has 1 aliphatic heterocycles. The molecule has 6 rings (SSSR count). The highest BCUT2D eigenvalue weighted by Crippen LogP contribution is 2.36. The van der Waals surface area contributed by atoms with Crippen molar-refractivity contribution >= 4 is 56.0 Å². The largest absolute Gasteiger partial charge is 0.350 e. The van der Waals surface area contributed by atoms with Gasteiger partial charge < -0.3 is 15.5 Å². The molecule has 5 aromatic rings. The number of fused-ring (bicyclic) bond motifs is 1. The van der Waals surface area contributed by atoms with Gasteiger partial charge in [0.1, 0.15) is 0 Å². The highest BCUT2D eigenvalue weighted by Gasteiger charge is 2.27. The summed E-state index contributed by atoms with van der Waals surface area (Å²) in [6.07, 6.45) is 4.63. The van der Waals surface area contributed by atoms with Crippen molar-refractivity contribution in [2.24, 2.45) is 0 Å². The Kier molecular flexibility index (Phi) is 8.07. The summed E-state index contributed by atoms with van der Waals surface area (Å²) < 4.78 is 28.4. The second-order valence-corrected chi connectivity index (χ2v) is 12.8. The van der Waals surface area contributed by atoms with Crippen LogP contribution in [0, 0.1) is 0 Å². The zero-order valence-corrected chi connectivity index (χ0v) is 25.3. The first-order chi connectivity index (χ1) is 21.2. The van der Waals surface area contributed by atoms with Crippen LogP contribution < -0.4 is 10.6 Å². The number of amides is 2. The third-order valence-corrected chi connectivity index (χ3v) is 9.44. The van der Waals surface area contributed by atoms with Crippen molar-refractivity contribution in [1.82, 2.24) is 18.8 Å². The number of hydrogen-bond donors (Lipinski definition) is 2. The molecule has 3 heterocycles. The maximum Gasteiger partial charge on any atom is 0.268 e. The second-order valence-electron chi connectivity index (χ2n) is 10.6. The number of halogens is 1. The first kappa shape index (κ1) is 29.3.